The van der Waals surface area contributed by atoms with Crippen molar-refractivity contribution in [2.24, 2.45) is 11.1 Å². The normalized spacial score (nSPS) is 21.2. The fourth-order valence-corrected chi connectivity index (χ4v) is 3.02. The van der Waals surface area contributed by atoms with Crippen molar-refractivity contribution in [1.82, 2.24) is 0 Å². The summed E-state index contributed by atoms with van der Waals surface area (Å²) in [6.45, 7) is 4.37. The zero-order chi connectivity index (χ0) is 11.6. The Morgan fingerprint density at radius 1 is 1.31 bits per heavy atom. The standard InChI is InChI=1S/C14H23NO/c1-3-11-7-8-12(16-11)13(15)14(4-2)9-5-6-10-14/h7-8,13H,3-6,9-10,15H2,1-2H3. The molecule has 16 heavy (non-hydrogen) atoms. The van der Waals surface area contributed by atoms with Crippen molar-refractivity contribution in [3.05, 3.63) is 23.7 Å². The molecule has 0 bridgehead atoms. The van der Waals surface area contributed by atoms with Gasteiger partial charge in [0.25, 0.3) is 0 Å². The minimum Gasteiger partial charge on any atom is -0.464 e. The van der Waals surface area contributed by atoms with Crippen molar-refractivity contribution in [1.29, 1.82) is 0 Å². The van der Waals surface area contributed by atoms with Crippen molar-refractivity contribution in [3.63, 3.8) is 0 Å². The molecule has 1 saturated carbocycles. The molecular formula is C14H23NO. The number of hydrogen-bond donors (Lipinski definition) is 1. The Hall–Kier alpha value is -0.760. The quantitative estimate of drug-likeness (QED) is 0.839. The van der Waals surface area contributed by atoms with Gasteiger partial charge in [-0.1, -0.05) is 26.7 Å². The van der Waals surface area contributed by atoms with Crippen molar-refractivity contribution in [2.45, 2.75) is 58.4 Å². The first-order chi connectivity index (χ1) is 7.72. The predicted octanol–water partition coefficient (Wildman–Crippen LogP) is 3.81. The first-order valence-electron chi connectivity index (χ1n) is 6.56. The van der Waals surface area contributed by atoms with E-state index in [1.165, 1.54) is 25.7 Å². The molecule has 0 aliphatic heterocycles. The molecule has 2 N–H and O–H groups in total. The minimum absolute atomic E-state index is 0.0836. The van der Waals surface area contributed by atoms with Crippen LogP contribution in [0.25, 0.3) is 0 Å². The fraction of sp³-hybridized carbons (Fsp3) is 0.714. The lowest BCUT2D eigenvalue weighted by Crippen LogP contribution is -2.31. The fourth-order valence-electron chi connectivity index (χ4n) is 3.02. The SMILES string of the molecule is CCc1ccc(C(N)C2(CC)CCCC2)o1. The van der Waals surface area contributed by atoms with Crippen LogP contribution in [0.4, 0.5) is 0 Å². The molecule has 1 aliphatic rings. The summed E-state index contributed by atoms with van der Waals surface area (Å²) in [5.41, 5.74) is 6.71. The monoisotopic (exact) mass is 221 g/mol. The number of rotatable bonds is 4. The Balaban J connectivity index is 2.19. The van der Waals surface area contributed by atoms with E-state index in [1.807, 2.05) is 0 Å². The maximum absolute atomic E-state index is 6.42. The Morgan fingerprint density at radius 2 is 2.00 bits per heavy atom. The van der Waals surface area contributed by atoms with Crippen molar-refractivity contribution in [3.8, 4) is 0 Å². The second kappa shape index (κ2) is 4.62. The molecule has 1 aromatic rings. The highest BCUT2D eigenvalue weighted by atomic mass is 16.3. The summed E-state index contributed by atoms with van der Waals surface area (Å²) in [7, 11) is 0. The summed E-state index contributed by atoms with van der Waals surface area (Å²) >= 11 is 0. The lowest BCUT2D eigenvalue weighted by molar-refractivity contribution is 0.197. The van der Waals surface area contributed by atoms with E-state index in [1.54, 1.807) is 0 Å². The van der Waals surface area contributed by atoms with Crippen LogP contribution < -0.4 is 5.73 Å². The van der Waals surface area contributed by atoms with E-state index in [2.05, 4.69) is 26.0 Å². The van der Waals surface area contributed by atoms with Crippen LogP contribution in [-0.4, -0.2) is 0 Å². The molecule has 1 aliphatic carbocycles. The van der Waals surface area contributed by atoms with Gasteiger partial charge in [0.1, 0.15) is 11.5 Å². The van der Waals surface area contributed by atoms with Crippen LogP contribution in [0, 0.1) is 5.41 Å². The maximum atomic E-state index is 6.42. The average Bonchev–Trinajstić information content (AvgIpc) is 2.98. The van der Waals surface area contributed by atoms with Gasteiger partial charge >= 0.3 is 0 Å². The minimum atomic E-state index is 0.0836. The number of aryl methyl sites for hydroxylation is 1. The number of furan rings is 1. The molecular weight excluding hydrogens is 198 g/mol. The van der Waals surface area contributed by atoms with Gasteiger partial charge in [-0.3, -0.25) is 0 Å². The van der Waals surface area contributed by atoms with Gasteiger partial charge in [0, 0.05) is 6.42 Å². The van der Waals surface area contributed by atoms with Gasteiger partial charge in [-0.05, 0) is 36.8 Å². The average molecular weight is 221 g/mol. The Bertz CT molecular complexity index is 336. The summed E-state index contributed by atoms with van der Waals surface area (Å²) in [4.78, 5) is 0. The summed E-state index contributed by atoms with van der Waals surface area (Å²) in [6.07, 6.45) is 7.27. The summed E-state index contributed by atoms with van der Waals surface area (Å²) in [5, 5.41) is 0. The highest BCUT2D eigenvalue weighted by molar-refractivity contribution is 5.14. The van der Waals surface area contributed by atoms with Gasteiger partial charge in [0.15, 0.2) is 0 Å². The van der Waals surface area contributed by atoms with Crippen LogP contribution in [0.3, 0.4) is 0 Å². The van der Waals surface area contributed by atoms with E-state index in [0.717, 1.165) is 24.4 Å². The third-order valence-electron chi connectivity index (χ3n) is 4.30. The van der Waals surface area contributed by atoms with E-state index in [9.17, 15) is 0 Å². The molecule has 2 rings (SSSR count). The highest BCUT2D eigenvalue weighted by Crippen LogP contribution is 2.49. The van der Waals surface area contributed by atoms with Crippen molar-refractivity contribution >= 4 is 0 Å². The van der Waals surface area contributed by atoms with Crippen LogP contribution >= 0.6 is 0 Å². The molecule has 1 heterocycles. The first kappa shape index (κ1) is 11.7. The summed E-state index contributed by atoms with van der Waals surface area (Å²) in [6, 6.07) is 4.22. The molecule has 0 radical (unpaired) electrons. The Labute approximate surface area is 98.2 Å². The van der Waals surface area contributed by atoms with Gasteiger partial charge in [-0.15, -0.1) is 0 Å². The molecule has 1 fully saturated rings. The van der Waals surface area contributed by atoms with Crippen LogP contribution in [0.2, 0.25) is 0 Å². The maximum Gasteiger partial charge on any atom is 0.121 e. The zero-order valence-corrected chi connectivity index (χ0v) is 10.5. The van der Waals surface area contributed by atoms with Gasteiger partial charge in [0.05, 0.1) is 6.04 Å². The molecule has 90 valence electrons. The number of nitrogens with two attached hydrogens (primary N) is 1. The van der Waals surface area contributed by atoms with Gasteiger partial charge < -0.3 is 10.2 Å². The number of hydrogen-bond acceptors (Lipinski definition) is 2. The van der Waals surface area contributed by atoms with E-state index >= 15 is 0 Å². The van der Waals surface area contributed by atoms with Crippen LogP contribution in [0.5, 0.6) is 0 Å². The predicted molar refractivity (Wildman–Crippen MR) is 66.2 cm³/mol. The Kier molecular flexibility index (Phi) is 3.38. The zero-order valence-electron chi connectivity index (χ0n) is 10.5. The summed E-state index contributed by atoms with van der Waals surface area (Å²) in [5.74, 6) is 2.04. The van der Waals surface area contributed by atoms with Crippen molar-refractivity contribution < 1.29 is 4.42 Å². The topological polar surface area (TPSA) is 39.2 Å². The lowest BCUT2D eigenvalue weighted by Gasteiger charge is -2.33. The molecule has 1 unspecified atom stereocenters. The first-order valence-corrected chi connectivity index (χ1v) is 6.56. The largest absolute Gasteiger partial charge is 0.464 e. The molecule has 1 atom stereocenters. The molecule has 2 heteroatoms. The molecule has 0 aromatic carbocycles. The molecule has 0 amide bonds. The third-order valence-corrected chi connectivity index (χ3v) is 4.30. The van der Waals surface area contributed by atoms with E-state index in [-0.39, 0.29) is 6.04 Å². The lowest BCUT2D eigenvalue weighted by atomic mass is 9.76. The van der Waals surface area contributed by atoms with E-state index in [0.29, 0.717) is 5.41 Å². The van der Waals surface area contributed by atoms with Crippen molar-refractivity contribution in [2.75, 3.05) is 0 Å². The van der Waals surface area contributed by atoms with Crippen LogP contribution in [0.15, 0.2) is 16.5 Å². The van der Waals surface area contributed by atoms with Crippen LogP contribution in [0.1, 0.15) is 63.5 Å². The summed E-state index contributed by atoms with van der Waals surface area (Å²) < 4.78 is 5.81. The second-order valence-corrected chi connectivity index (χ2v) is 5.06. The van der Waals surface area contributed by atoms with Gasteiger partial charge in [-0.2, -0.15) is 0 Å². The van der Waals surface area contributed by atoms with E-state index in [4.69, 9.17) is 10.2 Å². The Morgan fingerprint density at radius 3 is 2.50 bits per heavy atom. The van der Waals surface area contributed by atoms with E-state index < -0.39 is 0 Å². The molecule has 1 aromatic heterocycles. The second-order valence-electron chi connectivity index (χ2n) is 5.06. The molecule has 0 saturated heterocycles. The van der Waals surface area contributed by atoms with Crippen LogP contribution in [-0.2, 0) is 6.42 Å². The van der Waals surface area contributed by atoms with Gasteiger partial charge in [-0.25, -0.2) is 0 Å². The molecule has 0 spiro atoms. The molecule has 2 nitrogen and oxygen atoms in total. The highest BCUT2D eigenvalue weighted by Gasteiger charge is 2.39. The van der Waals surface area contributed by atoms with Gasteiger partial charge in [0.2, 0.25) is 0 Å². The third kappa shape index (κ3) is 1.91. The smallest absolute Gasteiger partial charge is 0.121 e.